The molecule has 0 aliphatic rings. The van der Waals surface area contributed by atoms with Gasteiger partial charge in [-0.15, -0.1) is 0 Å². The molecule has 0 saturated carbocycles. The van der Waals surface area contributed by atoms with Gasteiger partial charge in [-0.2, -0.15) is 5.26 Å². The van der Waals surface area contributed by atoms with E-state index in [1.54, 1.807) is 0 Å². The molecule has 0 atom stereocenters. The van der Waals surface area contributed by atoms with E-state index in [9.17, 15) is 4.39 Å². The summed E-state index contributed by atoms with van der Waals surface area (Å²) in [4.78, 5) is 0. The summed E-state index contributed by atoms with van der Waals surface area (Å²) >= 11 is 1.84. The van der Waals surface area contributed by atoms with Gasteiger partial charge in [-0.3, -0.25) is 0 Å². The number of nitrogens with zero attached hydrogens (tertiary/aromatic N) is 1. The maximum atomic E-state index is 12.9. The molecule has 12 heavy (non-hydrogen) atoms. The van der Waals surface area contributed by atoms with Crippen LogP contribution in [0.25, 0.3) is 0 Å². The average Bonchev–Trinajstić information content (AvgIpc) is 2.09. The maximum absolute atomic E-state index is 12.9. The van der Waals surface area contributed by atoms with Crippen LogP contribution in [0, 0.1) is 20.7 Å². The second-order valence-corrected chi connectivity index (χ2v) is 3.24. The summed E-state index contributed by atoms with van der Waals surface area (Å²) in [5, 5.41) is 8.57. The Kier molecular flexibility index (Phi) is 2.87. The molecule has 0 N–H and O–H groups in total. The van der Waals surface area contributed by atoms with Crippen molar-refractivity contribution in [3.05, 3.63) is 27.1 Å². The topological polar surface area (TPSA) is 33.0 Å². The number of methoxy groups -OCH3 is 1. The summed E-state index contributed by atoms with van der Waals surface area (Å²) in [6, 6.07) is 4.51. The van der Waals surface area contributed by atoms with E-state index < -0.39 is 5.82 Å². The molecule has 0 aliphatic carbocycles. The second-order valence-electron chi connectivity index (χ2n) is 2.08. The van der Waals surface area contributed by atoms with Gasteiger partial charge in [0, 0.05) is 0 Å². The molecule has 0 unspecified atom stereocenters. The quantitative estimate of drug-likeness (QED) is 0.738. The van der Waals surface area contributed by atoms with E-state index in [2.05, 4.69) is 0 Å². The van der Waals surface area contributed by atoms with Gasteiger partial charge < -0.3 is 4.74 Å². The van der Waals surface area contributed by atoms with Gasteiger partial charge in [0.2, 0.25) is 0 Å². The first-order valence-corrected chi connectivity index (χ1v) is 4.20. The molecule has 1 aromatic carbocycles. The minimum absolute atomic E-state index is 0.218. The predicted molar refractivity (Wildman–Crippen MR) is 50.4 cm³/mol. The van der Waals surface area contributed by atoms with Crippen LogP contribution in [0.5, 0.6) is 5.75 Å². The number of hydrogen-bond acceptors (Lipinski definition) is 2. The van der Waals surface area contributed by atoms with Gasteiger partial charge in [-0.1, -0.05) is 0 Å². The molecule has 62 valence electrons. The van der Waals surface area contributed by atoms with Crippen LogP contribution in [0.2, 0.25) is 0 Å². The fraction of sp³-hybridized carbons (Fsp3) is 0.125. The molecule has 1 aromatic rings. The van der Waals surface area contributed by atoms with E-state index in [0.717, 1.165) is 0 Å². The number of ether oxygens (including phenoxy) is 1. The minimum atomic E-state index is -0.395. The molecule has 0 spiro atoms. The van der Waals surface area contributed by atoms with Crippen molar-refractivity contribution in [2.75, 3.05) is 7.11 Å². The van der Waals surface area contributed by atoms with Gasteiger partial charge >= 0.3 is 0 Å². The molecule has 0 fully saturated rings. The Morgan fingerprint density at radius 1 is 1.58 bits per heavy atom. The third-order valence-corrected chi connectivity index (χ3v) is 2.19. The molecule has 0 saturated heterocycles. The monoisotopic (exact) mass is 277 g/mol. The predicted octanol–water partition coefficient (Wildman–Crippen LogP) is 2.31. The molecular weight excluding hydrogens is 272 g/mol. The van der Waals surface area contributed by atoms with Crippen LogP contribution >= 0.6 is 22.6 Å². The molecule has 0 bridgehead atoms. The molecule has 1 rings (SSSR count). The van der Waals surface area contributed by atoms with Crippen molar-refractivity contribution in [1.29, 1.82) is 5.26 Å². The van der Waals surface area contributed by atoms with Crippen molar-refractivity contribution < 1.29 is 9.13 Å². The van der Waals surface area contributed by atoms with Gasteiger partial charge in [-0.05, 0) is 34.7 Å². The van der Waals surface area contributed by atoms with E-state index >= 15 is 0 Å². The molecule has 2 nitrogen and oxygen atoms in total. The van der Waals surface area contributed by atoms with Crippen molar-refractivity contribution in [3.8, 4) is 11.8 Å². The van der Waals surface area contributed by atoms with Crippen molar-refractivity contribution in [3.63, 3.8) is 0 Å². The van der Waals surface area contributed by atoms with Crippen LogP contribution < -0.4 is 4.74 Å². The Morgan fingerprint density at radius 3 is 2.75 bits per heavy atom. The largest absolute Gasteiger partial charge is 0.495 e. The highest BCUT2D eigenvalue weighted by Crippen LogP contribution is 2.22. The molecule has 0 radical (unpaired) electrons. The van der Waals surface area contributed by atoms with Crippen molar-refractivity contribution in [2.24, 2.45) is 0 Å². The lowest BCUT2D eigenvalue weighted by molar-refractivity contribution is 0.411. The van der Waals surface area contributed by atoms with Crippen LogP contribution in [-0.4, -0.2) is 7.11 Å². The Balaban J connectivity index is 3.31. The first kappa shape index (κ1) is 9.26. The molecule has 4 heteroatoms. The third kappa shape index (κ3) is 1.67. The Morgan fingerprint density at radius 2 is 2.25 bits per heavy atom. The Bertz CT molecular complexity index is 346. The molecule has 0 aliphatic heterocycles. The molecule has 0 amide bonds. The first-order chi connectivity index (χ1) is 5.69. The highest BCUT2D eigenvalue weighted by molar-refractivity contribution is 14.1. The average molecular weight is 277 g/mol. The van der Waals surface area contributed by atoms with Crippen LogP contribution in [0.15, 0.2) is 12.1 Å². The third-order valence-electron chi connectivity index (χ3n) is 1.36. The van der Waals surface area contributed by atoms with Crippen molar-refractivity contribution in [2.45, 2.75) is 0 Å². The van der Waals surface area contributed by atoms with Crippen LogP contribution in [0.3, 0.4) is 0 Å². The second kappa shape index (κ2) is 3.72. The van der Waals surface area contributed by atoms with Crippen molar-refractivity contribution >= 4 is 22.6 Å². The van der Waals surface area contributed by atoms with E-state index in [-0.39, 0.29) is 5.56 Å². The van der Waals surface area contributed by atoms with E-state index in [1.165, 1.54) is 19.2 Å². The summed E-state index contributed by atoms with van der Waals surface area (Å²) in [7, 11) is 1.45. The Hall–Kier alpha value is -0.830. The summed E-state index contributed by atoms with van der Waals surface area (Å²) in [5.41, 5.74) is 0.218. The van der Waals surface area contributed by atoms with Gasteiger partial charge in [-0.25, -0.2) is 4.39 Å². The van der Waals surface area contributed by atoms with Crippen LogP contribution in [-0.2, 0) is 0 Å². The SMILES string of the molecule is COc1cc(I)c(F)cc1C#N. The minimum Gasteiger partial charge on any atom is -0.495 e. The molecular formula is C8H5FINO. The fourth-order valence-electron chi connectivity index (χ4n) is 0.785. The number of nitriles is 1. The standard InChI is InChI=1S/C8H5FINO/c1-12-8-3-7(10)6(9)2-5(8)4-11/h2-3H,1H3. The van der Waals surface area contributed by atoms with Gasteiger partial charge in [0.1, 0.15) is 17.6 Å². The van der Waals surface area contributed by atoms with E-state index in [4.69, 9.17) is 10.00 Å². The first-order valence-electron chi connectivity index (χ1n) is 3.12. The summed E-state index contributed by atoms with van der Waals surface area (Å²) in [6.45, 7) is 0. The highest BCUT2D eigenvalue weighted by atomic mass is 127. The summed E-state index contributed by atoms with van der Waals surface area (Å²) in [5.74, 6) is 0.0104. The van der Waals surface area contributed by atoms with E-state index in [1.807, 2.05) is 28.7 Å². The highest BCUT2D eigenvalue weighted by Gasteiger charge is 2.07. The number of halogens is 2. The van der Waals surface area contributed by atoms with E-state index in [0.29, 0.717) is 9.32 Å². The van der Waals surface area contributed by atoms with Gasteiger partial charge in [0.05, 0.1) is 16.2 Å². The normalized spacial score (nSPS) is 9.17. The smallest absolute Gasteiger partial charge is 0.138 e. The van der Waals surface area contributed by atoms with Crippen LogP contribution in [0.1, 0.15) is 5.56 Å². The van der Waals surface area contributed by atoms with Crippen molar-refractivity contribution in [1.82, 2.24) is 0 Å². The fourth-order valence-corrected chi connectivity index (χ4v) is 1.22. The lowest BCUT2D eigenvalue weighted by atomic mass is 10.2. The number of hydrogen-bond donors (Lipinski definition) is 0. The van der Waals surface area contributed by atoms with Gasteiger partial charge in [0.25, 0.3) is 0 Å². The molecule has 0 aromatic heterocycles. The lowest BCUT2D eigenvalue weighted by Gasteiger charge is -2.02. The maximum Gasteiger partial charge on any atom is 0.138 e. The van der Waals surface area contributed by atoms with Crippen LogP contribution in [0.4, 0.5) is 4.39 Å². The summed E-state index contributed by atoms with van der Waals surface area (Å²) < 4.78 is 18.2. The van der Waals surface area contributed by atoms with Gasteiger partial charge in [0.15, 0.2) is 0 Å². The summed E-state index contributed by atoms with van der Waals surface area (Å²) in [6.07, 6.45) is 0. The zero-order valence-corrected chi connectivity index (χ0v) is 8.42. The Labute approximate surface area is 83.1 Å². The zero-order valence-electron chi connectivity index (χ0n) is 6.27. The lowest BCUT2D eigenvalue weighted by Crippen LogP contribution is -1.91. The molecule has 0 heterocycles. The zero-order chi connectivity index (χ0) is 9.14. The number of rotatable bonds is 1. The number of benzene rings is 1.